The van der Waals surface area contributed by atoms with Crippen LogP contribution in [0.5, 0.6) is 0 Å². The number of aromatic nitrogens is 1. The molecule has 0 fully saturated rings. The molecule has 1 atom stereocenters. The number of ether oxygens (including phenoxy) is 1. The number of amides is 1. The molecule has 0 saturated carbocycles. The fraction of sp³-hybridized carbons (Fsp3) is 0.233. The van der Waals surface area contributed by atoms with Crippen molar-refractivity contribution in [3.63, 3.8) is 0 Å². The highest BCUT2D eigenvalue weighted by Crippen LogP contribution is 2.40. The van der Waals surface area contributed by atoms with Gasteiger partial charge in [-0.2, -0.15) is 0 Å². The molecule has 0 spiro atoms. The van der Waals surface area contributed by atoms with Crippen LogP contribution < -0.4 is 5.32 Å². The predicted octanol–water partition coefficient (Wildman–Crippen LogP) is 6.82. The summed E-state index contributed by atoms with van der Waals surface area (Å²) in [5.74, 6) is -0.338. The van der Waals surface area contributed by atoms with E-state index in [1.54, 1.807) is 0 Å². The number of carbonyl (C=O) groups excluding carboxylic acids is 1. The first-order chi connectivity index (χ1) is 18.0. The average Bonchev–Trinajstić information content (AvgIpc) is 3.36. The molecule has 1 heterocycles. The average molecular weight is 497 g/mol. The summed E-state index contributed by atoms with van der Waals surface area (Å²) in [6, 6.07) is 21.3. The molecule has 3 aromatic carbocycles. The Morgan fingerprint density at radius 1 is 0.973 bits per heavy atom. The number of carboxylic acids is 1. The fourth-order valence-corrected chi connectivity index (χ4v) is 4.94. The molecule has 4 aromatic rings. The van der Waals surface area contributed by atoms with Gasteiger partial charge in [-0.3, -0.25) is 10.1 Å². The van der Waals surface area contributed by atoms with Crippen molar-refractivity contribution in [3.8, 4) is 22.5 Å². The van der Waals surface area contributed by atoms with Crippen molar-refractivity contribution in [2.75, 3.05) is 5.32 Å². The fourth-order valence-electron chi connectivity index (χ4n) is 4.94. The first kappa shape index (κ1) is 24.3. The number of rotatable bonds is 7. The number of fused-ring (bicyclic) bond motifs is 1. The molecule has 7 heteroatoms. The lowest BCUT2D eigenvalue weighted by Gasteiger charge is -2.22. The van der Waals surface area contributed by atoms with Crippen molar-refractivity contribution in [2.45, 2.75) is 45.1 Å². The number of nitrogens with zero attached hydrogens (tertiary/aromatic N) is 1. The largest absolute Gasteiger partial charge is 0.481 e. The van der Waals surface area contributed by atoms with E-state index in [2.05, 4.69) is 16.5 Å². The van der Waals surface area contributed by atoms with Gasteiger partial charge in [-0.25, -0.2) is 4.79 Å². The minimum Gasteiger partial charge on any atom is -0.481 e. The highest BCUT2D eigenvalue weighted by atomic mass is 16.6. The Labute approximate surface area is 215 Å². The van der Waals surface area contributed by atoms with Crippen LogP contribution in [-0.2, 0) is 28.8 Å². The maximum absolute atomic E-state index is 12.7. The number of hydrogen-bond donors (Lipinski definition) is 2. The van der Waals surface area contributed by atoms with Gasteiger partial charge in [-0.05, 0) is 66.0 Å². The molecule has 1 aromatic heterocycles. The molecule has 0 bridgehead atoms. The minimum atomic E-state index is -0.843. The zero-order valence-corrected chi connectivity index (χ0v) is 20.6. The van der Waals surface area contributed by atoms with E-state index in [1.165, 1.54) is 17.3 Å². The van der Waals surface area contributed by atoms with Crippen LogP contribution in [0.3, 0.4) is 0 Å². The second-order valence-electron chi connectivity index (χ2n) is 9.24. The van der Waals surface area contributed by atoms with Gasteiger partial charge in [0.05, 0.1) is 12.6 Å². The van der Waals surface area contributed by atoms with Crippen molar-refractivity contribution in [1.29, 1.82) is 0 Å². The first-order valence-electron chi connectivity index (χ1n) is 12.4. The zero-order valence-electron chi connectivity index (χ0n) is 20.6. The highest BCUT2D eigenvalue weighted by molar-refractivity contribution is 5.91. The van der Waals surface area contributed by atoms with Crippen LogP contribution >= 0.6 is 0 Å². The molecule has 0 radical (unpaired) electrons. The molecule has 1 aliphatic carbocycles. The molecule has 188 valence electrons. The van der Waals surface area contributed by atoms with Gasteiger partial charge in [0.15, 0.2) is 5.76 Å². The molecule has 1 unspecified atom stereocenters. The molecule has 7 nitrogen and oxygen atoms in total. The van der Waals surface area contributed by atoms with Gasteiger partial charge in [0.25, 0.3) is 0 Å². The summed E-state index contributed by atoms with van der Waals surface area (Å²) in [6.07, 6.45) is 4.50. The summed E-state index contributed by atoms with van der Waals surface area (Å²) in [4.78, 5) is 23.7. The summed E-state index contributed by atoms with van der Waals surface area (Å²) >= 11 is 0. The van der Waals surface area contributed by atoms with Gasteiger partial charge >= 0.3 is 12.1 Å². The van der Waals surface area contributed by atoms with Crippen LogP contribution in [0.4, 0.5) is 10.5 Å². The second kappa shape index (κ2) is 10.7. The number of carboxylic acid groups (broad SMARTS) is 1. The van der Waals surface area contributed by atoms with E-state index >= 15 is 0 Å². The SMILES string of the molecule is CC(OC(=O)Nc1cnoc1-c1ccc(-c2ccc(CC(=O)O)cc2)c2c1CCCC2)c1ccccc1. The van der Waals surface area contributed by atoms with Crippen LogP contribution in [0.15, 0.2) is 77.4 Å². The maximum atomic E-state index is 12.7. The van der Waals surface area contributed by atoms with E-state index in [-0.39, 0.29) is 6.42 Å². The Kier molecular flexibility index (Phi) is 7.03. The Bertz CT molecular complexity index is 1410. The van der Waals surface area contributed by atoms with Gasteiger partial charge in [0, 0.05) is 5.56 Å². The lowest BCUT2D eigenvalue weighted by atomic mass is 9.82. The van der Waals surface area contributed by atoms with Gasteiger partial charge in [0.1, 0.15) is 11.8 Å². The van der Waals surface area contributed by atoms with Crippen molar-refractivity contribution in [3.05, 3.63) is 95.2 Å². The van der Waals surface area contributed by atoms with E-state index in [4.69, 9.17) is 14.4 Å². The summed E-state index contributed by atoms with van der Waals surface area (Å²) in [5.41, 5.74) is 7.66. The highest BCUT2D eigenvalue weighted by Gasteiger charge is 2.24. The number of nitrogens with one attached hydrogen (secondary N) is 1. The lowest BCUT2D eigenvalue weighted by Crippen LogP contribution is -2.16. The topological polar surface area (TPSA) is 102 Å². The molecule has 1 amide bonds. The molecule has 0 saturated heterocycles. The summed E-state index contributed by atoms with van der Waals surface area (Å²) < 4.78 is 11.2. The number of benzene rings is 3. The molecular weight excluding hydrogens is 468 g/mol. The van der Waals surface area contributed by atoms with E-state index in [9.17, 15) is 9.59 Å². The first-order valence-corrected chi connectivity index (χ1v) is 12.4. The number of aliphatic carboxylic acids is 1. The van der Waals surface area contributed by atoms with Gasteiger partial charge in [0.2, 0.25) is 0 Å². The van der Waals surface area contributed by atoms with Crippen LogP contribution in [0.2, 0.25) is 0 Å². The molecule has 37 heavy (non-hydrogen) atoms. The molecule has 2 N–H and O–H groups in total. The van der Waals surface area contributed by atoms with E-state index in [1.807, 2.05) is 67.6 Å². The maximum Gasteiger partial charge on any atom is 0.412 e. The lowest BCUT2D eigenvalue weighted by molar-refractivity contribution is -0.136. The second-order valence-corrected chi connectivity index (χ2v) is 9.24. The molecule has 5 rings (SSSR count). The van der Waals surface area contributed by atoms with Gasteiger partial charge < -0.3 is 14.4 Å². The Morgan fingerprint density at radius 2 is 1.65 bits per heavy atom. The predicted molar refractivity (Wildman–Crippen MR) is 140 cm³/mol. The third-order valence-electron chi connectivity index (χ3n) is 6.76. The molecular formula is C30H28N2O5. The van der Waals surface area contributed by atoms with Crippen molar-refractivity contribution in [2.24, 2.45) is 0 Å². The molecule has 1 aliphatic rings. The zero-order chi connectivity index (χ0) is 25.8. The van der Waals surface area contributed by atoms with Crippen LogP contribution in [0, 0.1) is 0 Å². The molecule has 0 aliphatic heterocycles. The smallest absolute Gasteiger partial charge is 0.412 e. The number of hydrogen-bond acceptors (Lipinski definition) is 5. The number of anilines is 1. The summed E-state index contributed by atoms with van der Waals surface area (Å²) in [6.45, 7) is 1.83. The monoisotopic (exact) mass is 496 g/mol. The third kappa shape index (κ3) is 5.40. The van der Waals surface area contributed by atoms with Crippen molar-refractivity contribution >= 4 is 17.7 Å². The Morgan fingerprint density at radius 3 is 2.35 bits per heavy atom. The standard InChI is InChI=1S/C30H28N2O5/c1-19(21-7-3-2-4-8-21)36-30(35)32-27-18-31-37-29(27)26-16-15-23(24-9-5-6-10-25(24)26)22-13-11-20(12-14-22)17-28(33)34/h2-4,7-8,11-16,18-19H,5-6,9-10,17H2,1H3,(H,32,35)(H,33,34). The van der Waals surface area contributed by atoms with Crippen LogP contribution in [0.25, 0.3) is 22.5 Å². The van der Waals surface area contributed by atoms with Crippen LogP contribution in [-0.4, -0.2) is 22.3 Å². The van der Waals surface area contributed by atoms with Crippen LogP contribution in [0.1, 0.15) is 48.1 Å². The Balaban J connectivity index is 1.41. The summed E-state index contributed by atoms with van der Waals surface area (Å²) in [7, 11) is 0. The number of carbonyl (C=O) groups is 2. The third-order valence-corrected chi connectivity index (χ3v) is 6.76. The minimum absolute atomic E-state index is 0.00512. The van der Waals surface area contributed by atoms with E-state index in [0.29, 0.717) is 11.4 Å². The van der Waals surface area contributed by atoms with Crippen molar-refractivity contribution in [1.82, 2.24) is 5.16 Å². The van der Waals surface area contributed by atoms with E-state index in [0.717, 1.165) is 53.5 Å². The Hall–Kier alpha value is -4.39. The van der Waals surface area contributed by atoms with Gasteiger partial charge in [-0.1, -0.05) is 71.9 Å². The summed E-state index contributed by atoms with van der Waals surface area (Å²) in [5, 5.41) is 15.8. The quantitative estimate of drug-likeness (QED) is 0.291. The van der Waals surface area contributed by atoms with Crippen molar-refractivity contribution < 1.29 is 24.0 Å². The normalized spacial score (nSPS) is 13.4. The van der Waals surface area contributed by atoms with E-state index < -0.39 is 18.2 Å². The van der Waals surface area contributed by atoms with Gasteiger partial charge in [-0.15, -0.1) is 0 Å².